The van der Waals surface area contributed by atoms with Crippen LogP contribution < -0.4 is 5.32 Å². The summed E-state index contributed by atoms with van der Waals surface area (Å²) >= 11 is 0. The molecule has 0 spiro atoms. The maximum absolute atomic E-state index is 11.3. The Labute approximate surface area is 82.9 Å². The lowest BCUT2D eigenvalue weighted by molar-refractivity contribution is 0.0917. The molecular formula is C9H15N3O2. The highest BCUT2D eigenvalue weighted by atomic mass is 16.4. The van der Waals surface area contributed by atoms with Crippen molar-refractivity contribution in [3.63, 3.8) is 0 Å². The zero-order valence-corrected chi connectivity index (χ0v) is 8.70. The highest BCUT2D eigenvalue weighted by Crippen LogP contribution is 2.11. The molecular weight excluding hydrogens is 182 g/mol. The second-order valence-corrected chi connectivity index (χ2v) is 3.36. The molecule has 1 heterocycles. The molecule has 0 fully saturated rings. The maximum Gasteiger partial charge on any atom is 0.308 e. The zero-order valence-electron chi connectivity index (χ0n) is 8.70. The lowest BCUT2D eigenvalue weighted by Gasteiger charge is -1.97. The van der Waals surface area contributed by atoms with E-state index in [1.54, 1.807) is 0 Å². The van der Waals surface area contributed by atoms with Crippen molar-refractivity contribution in [1.29, 1.82) is 0 Å². The minimum absolute atomic E-state index is 0.0437. The summed E-state index contributed by atoms with van der Waals surface area (Å²) in [4.78, 5) is 11.3. The molecule has 78 valence electrons. The molecule has 0 aliphatic heterocycles. The lowest BCUT2D eigenvalue weighted by Crippen LogP contribution is -2.24. The Hall–Kier alpha value is -1.39. The van der Waals surface area contributed by atoms with Crippen molar-refractivity contribution >= 4 is 5.91 Å². The van der Waals surface area contributed by atoms with Crippen molar-refractivity contribution in [3.8, 4) is 0 Å². The molecule has 5 heteroatoms. The van der Waals surface area contributed by atoms with Crippen LogP contribution in [-0.2, 0) is 0 Å². The van der Waals surface area contributed by atoms with Gasteiger partial charge in [0.05, 0.1) is 0 Å². The van der Waals surface area contributed by atoms with E-state index in [9.17, 15) is 4.79 Å². The fraction of sp³-hybridized carbons (Fsp3) is 0.667. The van der Waals surface area contributed by atoms with Gasteiger partial charge in [0.25, 0.3) is 0 Å². The lowest BCUT2D eigenvalue weighted by atomic mass is 10.2. The van der Waals surface area contributed by atoms with E-state index in [0.29, 0.717) is 12.4 Å². The highest BCUT2D eigenvalue weighted by molar-refractivity contribution is 5.89. The number of carbonyl (C=O) groups excluding carboxylic acids is 1. The van der Waals surface area contributed by atoms with E-state index in [1.807, 2.05) is 20.8 Å². The maximum atomic E-state index is 11.3. The van der Waals surface area contributed by atoms with Gasteiger partial charge in [-0.05, 0) is 6.42 Å². The van der Waals surface area contributed by atoms with Crippen LogP contribution in [0.2, 0.25) is 0 Å². The summed E-state index contributed by atoms with van der Waals surface area (Å²) in [5, 5.41) is 10.1. The normalized spacial score (nSPS) is 10.6. The number of hydrogen-bond acceptors (Lipinski definition) is 4. The average Bonchev–Trinajstić information content (AvgIpc) is 2.62. The predicted molar refractivity (Wildman–Crippen MR) is 51.0 cm³/mol. The van der Waals surface area contributed by atoms with Crippen LogP contribution in [0.5, 0.6) is 0 Å². The van der Waals surface area contributed by atoms with Gasteiger partial charge in [0.15, 0.2) is 0 Å². The average molecular weight is 197 g/mol. The van der Waals surface area contributed by atoms with E-state index >= 15 is 0 Å². The number of nitrogens with zero attached hydrogens (tertiary/aromatic N) is 2. The molecule has 0 unspecified atom stereocenters. The molecule has 0 saturated heterocycles. The molecule has 0 aromatic carbocycles. The highest BCUT2D eigenvalue weighted by Gasteiger charge is 2.15. The van der Waals surface area contributed by atoms with Crippen molar-refractivity contribution in [2.24, 2.45) is 0 Å². The number of nitrogens with one attached hydrogen (secondary N) is 1. The summed E-state index contributed by atoms with van der Waals surface area (Å²) < 4.78 is 5.17. The Morgan fingerprint density at radius 1 is 1.50 bits per heavy atom. The molecule has 1 amide bonds. The van der Waals surface area contributed by atoms with E-state index in [1.165, 1.54) is 0 Å². The van der Waals surface area contributed by atoms with E-state index in [2.05, 4.69) is 15.5 Å². The Kier molecular flexibility index (Phi) is 3.62. The van der Waals surface area contributed by atoms with Gasteiger partial charge in [-0.1, -0.05) is 20.8 Å². The second-order valence-electron chi connectivity index (χ2n) is 3.36. The molecule has 1 aromatic rings. The quantitative estimate of drug-likeness (QED) is 0.790. The van der Waals surface area contributed by atoms with Crippen molar-refractivity contribution in [3.05, 3.63) is 11.8 Å². The van der Waals surface area contributed by atoms with Crippen molar-refractivity contribution in [1.82, 2.24) is 15.5 Å². The van der Waals surface area contributed by atoms with Gasteiger partial charge in [-0.3, -0.25) is 4.79 Å². The first-order chi connectivity index (χ1) is 6.65. The molecule has 0 bridgehead atoms. The number of amides is 1. The van der Waals surface area contributed by atoms with E-state index in [4.69, 9.17) is 4.42 Å². The van der Waals surface area contributed by atoms with Crippen LogP contribution in [0.1, 0.15) is 49.7 Å². The van der Waals surface area contributed by atoms with Crippen molar-refractivity contribution in [2.45, 2.75) is 33.1 Å². The van der Waals surface area contributed by atoms with Gasteiger partial charge in [-0.2, -0.15) is 0 Å². The van der Waals surface area contributed by atoms with Gasteiger partial charge in [-0.25, -0.2) is 0 Å². The number of rotatable bonds is 4. The van der Waals surface area contributed by atoms with Gasteiger partial charge in [0.1, 0.15) is 0 Å². The molecule has 0 saturated carbocycles. The monoisotopic (exact) mass is 197 g/mol. The van der Waals surface area contributed by atoms with Gasteiger partial charge >= 0.3 is 11.8 Å². The fourth-order valence-corrected chi connectivity index (χ4v) is 0.874. The Bertz CT molecular complexity index is 307. The summed E-state index contributed by atoms with van der Waals surface area (Å²) in [5.74, 6) is 0.385. The number of aromatic nitrogens is 2. The SMILES string of the molecule is CCCNC(=O)c1nnc(C(C)C)o1. The van der Waals surface area contributed by atoms with Crippen molar-refractivity contribution in [2.75, 3.05) is 6.54 Å². The Morgan fingerprint density at radius 3 is 2.71 bits per heavy atom. The molecule has 1 N–H and O–H groups in total. The van der Waals surface area contributed by atoms with Gasteiger partial charge < -0.3 is 9.73 Å². The molecule has 1 rings (SSSR count). The minimum atomic E-state index is -0.300. The number of carbonyl (C=O) groups is 1. The first kappa shape index (κ1) is 10.7. The third kappa shape index (κ3) is 2.55. The smallest absolute Gasteiger partial charge is 0.308 e. The fourth-order valence-electron chi connectivity index (χ4n) is 0.874. The van der Waals surface area contributed by atoms with E-state index < -0.39 is 0 Å². The van der Waals surface area contributed by atoms with Crippen LogP contribution in [0, 0.1) is 0 Å². The summed E-state index contributed by atoms with van der Waals surface area (Å²) in [7, 11) is 0. The molecule has 0 radical (unpaired) electrons. The summed E-state index contributed by atoms with van der Waals surface area (Å²) in [5.41, 5.74) is 0. The Morgan fingerprint density at radius 2 is 2.21 bits per heavy atom. The van der Waals surface area contributed by atoms with Crippen LogP contribution in [0.4, 0.5) is 0 Å². The number of hydrogen-bond donors (Lipinski definition) is 1. The predicted octanol–water partition coefficient (Wildman–Crippen LogP) is 1.33. The summed E-state index contributed by atoms with van der Waals surface area (Å²) in [6.45, 7) is 6.47. The molecule has 0 aliphatic carbocycles. The van der Waals surface area contributed by atoms with Gasteiger partial charge in [0.2, 0.25) is 5.89 Å². The van der Waals surface area contributed by atoms with Crippen LogP contribution >= 0.6 is 0 Å². The van der Waals surface area contributed by atoms with Crippen LogP contribution in [0.15, 0.2) is 4.42 Å². The van der Waals surface area contributed by atoms with E-state index in [-0.39, 0.29) is 17.7 Å². The standard InChI is InChI=1S/C9H15N3O2/c1-4-5-10-7(13)9-12-11-8(14-9)6(2)3/h6H,4-5H2,1-3H3,(H,10,13). The second kappa shape index (κ2) is 4.74. The van der Waals surface area contributed by atoms with Gasteiger partial charge in [0, 0.05) is 12.5 Å². The minimum Gasteiger partial charge on any atom is -0.417 e. The Balaban J connectivity index is 2.62. The summed E-state index contributed by atoms with van der Waals surface area (Å²) in [6.07, 6.45) is 0.886. The van der Waals surface area contributed by atoms with Gasteiger partial charge in [-0.15, -0.1) is 10.2 Å². The molecule has 1 aromatic heterocycles. The van der Waals surface area contributed by atoms with Crippen molar-refractivity contribution < 1.29 is 9.21 Å². The third-order valence-corrected chi connectivity index (χ3v) is 1.66. The largest absolute Gasteiger partial charge is 0.417 e. The van der Waals surface area contributed by atoms with E-state index in [0.717, 1.165) is 6.42 Å². The topological polar surface area (TPSA) is 68.0 Å². The first-order valence-corrected chi connectivity index (χ1v) is 4.76. The summed E-state index contributed by atoms with van der Waals surface area (Å²) in [6, 6.07) is 0. The third-order valence-electron chi connectivity index (χ3n) is 1.66. The zero-order chi connectivity index (χ0) is 10.6. The van der Waals surface area contributed by atoms with Crippen LogP contribution in [0.25, 0.3) is 0 Å². The molecule has 0 aliphatic rings. The van der Waals surface area contributed by atoms with Crippen LogP contribution in [0.3, 0.4) is 0 Å². The molecule has 0 atom stereocenters. The molecule has 5 nitrogen and oxygen atoms in total. The first-order valence-electron chi connectivity index (χ1n) is 4.76. The van der Waals surface area contributed by atoms with Crippen LogP contribution in [-0.4, -0.2) is 22.6 Å². The molecule has 14 heavy (non-hydrogen) atoms.